The van der Waals surface area contributed by atoms with E-state index in [9.17, 15) is 13.2 Å². The maximum atomic E-state index is 13.1. The second kappa shape index (κ2) is 10.0. The van der Waals surface area contributed by atoms with Gasteiger partial charge in [0.2, 0.25) is 15.9 Å². The second-order valence-corrected chi connectivity index (χ2v) is 9.75. The molecule has 1 unspecified atom stereocenters. The fourth-order valence-electron chi connectivity index (χ4n) is 4.22. The largest absolute Gasteiger partial charge is 0.383 e. The molecular formula is C21H33N3O4S. The van der Waals surface area contributed by atoms with Gasteiger partial charge in [-0.05, 0) is 37.0 Å². The summed E-state index contributed by atoms with van der Waals surface area (Å²) < 4.78 is 32.8. The van der Waals surface area contributed by atoms with Gasteiger partial charge in [-0.1, -0.05) is 25.5 Å². The third kappa shape index (κ3) is 5.17. The van der Waals surface area contributed by atoms with Crippen molar-refractivity contribution in [3.05, 3.63) is 29.8 Å². The van der Waals surface area contributed by atoms with Gasteiger partial charge in [-0.15, -0.1) is 0 Å². The monoisotopic (exact) mass is 423 g/mol. The summed E-state index contributed by atoms with van der Waals surface area (Å²) in [6.07, 6.45) is 3.52. The van der Waals surface area contributed by atoms with Crippen molar-refractivity contribution in [2.75, 3.05) is 53.0 Å². The molecular weight excluding hydrogens is 390 g/mol. The normalized spacial score (nSPS) is 22.2. The zero-order valence-corrected chi connectivity index (χ0v) is 18.4. The van der Waals surface area contributed by atoms with Crippen molar-refractivity contribution in [2.24, 2.45) is 0 Å². The molecule has 8 heteroatoms. The second-order valence-electron chi connectivity index (χ2n) is 7.81. The quantitative estimate of drug-likeness (QED) is 0.635. The molecule has 1 aromatic carbocycles. The number of hydrogen-bond donors (Lipinski definition) is 0. The number of rotatable bonds is 8. The molecule has 0 bridgehead atoms. The van der Waals surface area contributed by atoms with Crippen LogP contribution in [0.5, 0.6) is 0 Å². The molecule has 0 spiro atoms. The van der Waals surface area contributed by atoms with Crippen molar-refractivity contribution < 1.29 is 17.9 Å². The molecule has 3 rings (SSSR count). The lowest BCUT2D eigenvalue weighted by molar-refractivity contribution is -0.132. The van der Waals surface area contributed by atoms with Crippen LogP contribution < -0.4 is 0 Å². The molecule has 1 atom stereocenters. The van der Waals surface area contributed by atoms with Crippen molar-refractivity contribution in [3.63, 3.8) is 0 Å². The van der Waals surface area contributed by atoms with E-state index in [4.69, 9.17) is 4.74 Å². The van der Waals surface area contributed by atoms with Crippen LogP contribution in [0.1, 0.15) is 31.7 Å². The number of benzene rings is 1. The average molecular weight is 424 g/mol. The van der Waals surface area contributed by atoms with Gasteiger partial charge < -0.3 is 9.64 Å². The molecule has 2 aliphatic rings. The maximum Gasteiger partial charge on any atom is 0.243 e. The van der Waals surface area contributed by atoms with Crippen molar-refractivity contribution in [1.29, 1.82) is 0 Å². The van der Waals surface area contributed by atoms with E-state index < -0.39 is 10.0 Å². The Morgan fingerprint density at radius 3 is 2.52 bits per heavy atom. The molecule has 7 nitrogen and oxygen atoms in total. The minimum atomic E-state index is -3.51. The zero-order valence-electron chi connectivity index (χ0n) is 17.5. The van der Waals surface area contributed by atoms with Crippen LogP contribution >= 0.6 is 0 Å². The van der Waals surface area contributed by atoms with Gasteiger partial charge in [-0.2, -0.15) is 4.31 Å². The molecule has 29 heavy (non-hydrogen) atoms. The highest BCUT2D eigenvalue weighted by Gasteiger charge is 2.37. The Balaban J connectivity index is 1.62. The molecule has 1 amide bonds. The molecule has 2 saturated heterocycles. The van der Waals surface area contributed by atoms with Gasteiger partial charge in [0.15, 0.2) is 0 Å². The Labute approximate surface area is 174 Å². The summed E-state index contributed by atoms with van der Waals surface area (Å²) in [5, 5.41) is 0. The maximum absolute atomic E-state index is 13.1. The summed E-state index contributed by atoms with van der Waals surface area (Å²) in [4.78, 5) is 17.1. The Hall–Kier alpha value is -1.48. The first-order valence-electron chi connectivity index (χ1n) is 10.6. The van der Waals surface area contributed by atoms with Gasteiger partial charge >= 0.3 is 0 Å². The fraction of sp³-hybridized carbons (Fsp3) is 0.667. The lowest BCUT2D eigenvalue weighted by Gasteiger charge is -2.26. The van der Waals surface area contributed by atoms with Gasteiger partial charge in [0, 0.05) is 46.4 Å². The lowest BCUT2D eigenvalue weighted by atomic mass is 10.1. The molecule has 0 aliphatic carbocycles. The number of carbonyl (C=O) groups excluding carboxylic acids is 1. The lowest BCUT2D eigenvalue weighted by Crippen LogP contribution is -2.44. The predicted molar refractivity (Wildman–Crippen MR) is 112 cm³/mol. The first kappa shape index (κ1) is 22.2. The smallest absolute Gasteiger partial charge is 0.243 e. The van der Waals surface area contributed by atoms with Gasteiger partial charge in [0.05, 0.1) is 17.5 Å². The Morgan fingerprint density at radius 2 is 1.83 bits per heavy atom. The van der Waals surface area contributed by atoms with Crippen LogP contribution in [0, 0.1) is 0 Å². The molecule has 162 valence electrons. The predicted octanol–water partition coefficient (Wildman–Crippen LogP) is 1.58. The number of sulfonamides is 1. The fourth-order valence-corrected chi connectivity index (χ4v) is 5.69. The number of likely N-dealkylation sites (tertiary alicyclic amines) is 1. The van der Waals surface area contributed by atoms with E-state index >= 15 is 0 Å². The van der Waals surface area contributed by atoms with Gasteiger partial charge in [-0.25, -0.2) is 8.42 Å². The number of methoxy groups -OCH3 is 1. The van der Waals surface area contributed by atoms with Crippen molar-refractivity contribution in [1.82, 2.24) is 14.1 Å². The van der Waals surface area contributed by atoms with Crippen LogP contribution in [0.2, 0.25) is 0 Å². The van der Waals surface area contributed by atoms with Crippen LogP contribution in [0.15, 0.2) is 29.2 Å². The zero-order chi connectivity index (χ0) is 20.9. The van der Waals surface area contributed by atoms with Crippen LogP contribution in [-0.4, -0.2) is 87.5 Å². The van der Waals surface area contributed by atoms with Gasteiger partial charge in [0.25, 0.3) is 0 Å². The van der Waals surface area contributed by atoms with Crippen molar-refractivity contribution in [2.45, 2.75) is 43.5 Å². The average Bonchev–Trinajstić information content (AvgIpc) is 2.92. The first-order chi connectivity index (χ1) is 14.0. The minimum Gasteiger partial charge on any atom is -0.383 e. The third-order valence-electron chi connectivity index (χ3n) is 5.86. The summed E-state index contributed by atoms with van der Waals surface area (Å²) in [7, 11) is -1.87. The molecule has 0 N–H and O–H groups in total. The molecule has 2 aliphatic heterocycles. The SMILES string of the molecule is CCCc1ccc(S(=O)(=O)N2CCCN(C3CCN(CCOC)C3=O)CC2)cc1. The number of hydrogen-bond acceptors (Lipinski definition) is 5. The van der Waals surface area contributed by atoms with Gasteiger partial charge in [-0.3, -0.25) is 9.69 Å². The Kier molecular flexibility index (Phi) is 7.67. The van der Waals surface area contributed by atoms with E-state index in [2.05, 4.69) is 11.8 Å². The van der Waals surface area contributed by atoms with Crippen LogP contribution in [0.25, 0.3) is 0 Å². The molecule has 0 aromatic heterocycles. The van der Waals surface area contributed by atoms with E-state index in [-0.39, 0.29) is 11.9 Å². The Bertz CT molecular complexity index is 782. The number of aryl methyl sites for hydroxylation is 1. The highest BCUT2D eigenvalue weighted by atomic mass is 32.2. The Morgan fingerprint density at radius 1 is 1.07 bits per heavy atom. The standard InChI is InChI=1S/C21H33N3O4S/c1-3-5-18-6-8-19(9-7-18)29(26,27)24-12-4-11-22(14-15-24)20-10-13-23(21(20)25)16-17-28-2/h6-9,20H,3-5,10-17H2,1-2H3. The number of ether oxygens (including phenoxy) is 1. The number of carbonyl (C=O) groups is 1. The highest BCUT2D eigenvalue weighted by Crippen LogP contribution is 2.22. The summed E-state index contributed by atoms with van der Waals surface area (Å²) in [5.41, 5.74) is 1.16. The summed E-state index contributed by atoms with van der Waals surface area (Å²) in [6, 6.07) is 7.12. The number of nitrogens with zero attached hydrogens (tertiary/aromatic N) is 3. The van der Waals surface area contributed by atoms with Crippen molar-refractivity contribution in [3.8, 4) is 0 Å². The summed E-state index contributed by atoms with van der Waals surface area (Å²) in [5.74, 6) is 0.143. The van der Waals surface area contributed by atoms with E-state index in [1.54, 1.807) is 23.5 Å². The molecule has 1 aromatic rings. The van der Waals surface area contributed by atoms with Gasteiger partial charge in [0.1, 0.15) is 0 Å². The topological polar surface area (TPSA) is 70.2 Å². The molecule has 2 heterocycles. The molecule has 0 radical (unpaired) electrons. The van der Waals surface area contributed by atoms with Crippen LogP contribution in [-0.2, 0) is 26.0 Å². The summed E-state index contributed by atoms with van der Waals surface area (Å²) >= 11 is 0. The van der Waals surface area contributed by atoms with Crippen molar-refractivity contribution >= 4 is 15.9 Å². The third-order valence-corrected chi connectivity index (χ3v) is 7.78. The number of amides is 1. The van der Waals surface area contributed by atoms with E-state index in [0.29, 0.717) is 37.7 Å². The highest BCUT2D eigenvalue weighted by molar-refractivity contribution is 7.89. The summed E-state index contributed by atoms with van der Waals surface area (Å²) in [6.45, 7) is 6.26. The van der Waals surface area contributed by atoms with E-state index in [0.717, 1.165) is 44.3 Å². The van der Waals surface area contributed by atoms with Crippen LogP contribution in [0.4, 0.5) is 0 Å². The first-order valence-corrected chi connectivity index (χ1v) is 12.0. The van der Waals surface area contributed by atoms with Crippen LogP contribution in [0.3, 0.4) is 0 Å². The van der Waals surface area contributed by atoms with E-state index in [1.165, 1.54) is 0 Å². The molecule has 2 fully saturated rings. The van der Waals surface area contributed by atoms with E-state index in [1.807, 2.05) is 17.0 Å². The molecule has 0 saturated carbocycles. The minimum absolute atomic E-state index is 0.136.